The normalized spacial score (nSPS) is 20.3. The van der Waals surface area contributed by atoms with E-state index in [1.165, 1.54) is 18.4 Å². The Kier molecular flexibility index (Phi) is 3.52. The van der Waals surface area contributed by atoms with Crippen LogP contribution in [-0.2, 0) is 6.54 Å². The fourth-order valence-corrected chi connectivity index (χ4v) is 3.50. The number of nitrogens with zero attached hydrogens (tertiary/aromatic N) is 1. The molecule has 0 bridgehead atoms. The van der Waals surface area contributed by atoms with Gasteiger partial charge in [0, 0.05) is 17.5 Å². The minimum absolute atomic E-state index is 0.255. The van der Waals surface area contributed by atoms with Gasteiger partial charge in [-0.05, 0) is 24.6 Å². The number of hydrogen-bond donors (Lipinski definition) is 0. The second kappa shape index (κ2) is 4.79. The van der Waals surface area contributed by atoms with Crippen molar-refractivity contribution in [3.63, 3.8) is 0 Å². The smallest absolute Gasteiger partial charge is 0.0480 e. The maximum atomic E-state index is 2.54. The van der Waals surface area contributed by atoms with Crippen molar-refractivity contribution in [2.45, 2.75) is 52.6 Å². The molecule has 1 nitrogen and oxygen atoms in total. The van der Waals surface area contributed by atoms with Gasteiger partial charge in [-0.1, -0.05) is 64.1 Å². The van der Waals surface area contributed by atoms with E-state index >= 15 is 0 Å². The highest BCUT2D eigenvalue weighted by atomic mass is 15.2. The lowest BCUT2D eigenvalue weighted by Crippen LogP contribution is -2.50. The second-order valence-corrected chi connectivity index (χ2v) is 5.89. The van der Waals surface area contributed by atoms with E-state index in [4.69, 9.17) is 0 Å². The van der Waals surface area contributed by atoms with Crippen molar-refractivity contribution in [2.75, 3.05) is 0 Å². The van der Waals surface area contributed by atoms with Crippen molar-refractivity contribution >= 4 is 0 Å². The van der Waals surface area contributed by atoms with Crippen LogP contribution in [0.25, 0.3) is 0 Å². The van der Waals surface area contributed by atoms with Gasteiger partial charge in [0.05, 0.1) is 0 Å². The standard InChI is InChI=1S/C17H25N/c1-5-17(6-2)16(3,4)12-13-18(17)14-15-10-8-7-9-11-15/h7-13H,5-6,14H2,1-4H3. The molecule has 0 aliphatic carbocycles. The second-order valence-electron chi connectivity index (χ2n) is 5.89. The van der Waals surface area contributed by atoms with Crippen LogP contribution in [0.15, 0.2) is 42.6 Å². The lowest BCUT2D eigenvalue weighted by molar-refractivity contribution is 0.0563. The molecule has 0 saturated carbocycles. The fourth-order valence-electron chi connectivity index (χ4n) is 3.50. The van der Waals surface area contributed by atoms with E-state index < -0.39 is 0 Å². The summed E-state index contributed by atoms with van der Waals surface area (Å²) in [6.07, 6.45) is 7.07. The molecule has 1 aromatic carbocycles. The monoisotopic (exact) mass is 243 g/mol. The predicted molar refractivity (Wildman–Crippen MR) is 78.2 cm³/mol. The summed E-state index contributed by atoms with van der Waals surface area (Å²) in [4.78, 5) is 2.54. The number of benzene rings is 1. The molecule has 1 aromatic rings. The SMILES string of the molecule is CCC1(CC)N(Cc2ccccc2)C=CC1(C)C. The molecular formula is C17H25N. The molecule has 0 radical (unpaired) electrons. The highest BCUT2D eigenvalue weighted by molar-refractivity contribution is 5.22. The number of rotatable bonds is 4. The van der Waals surface area contributed by atoms with Gasteiger partial charge < -0.3 is 4.90 Å². The summed E-state index contributed by atoms with van der Waals surface area (Å²) >= 11 is 0. The lowest BCUT2D eigenvalue weighted by Gasteiger charge is -2.47. The topological polar surface area (TPSA) is 3.24 Å². The van der Waals surface area contributed by atoms with Crippen molar-refractivity contribution in [3.8, 4) is 0 Å². The van der Waals surface area contributed by atoms with E-state index in [1.54, 1.807) is 0 Å². The van der Waals surface area contributed by atoms with E-state index in [0.29, 0.717) is 0 Å². The van der Waals surface area contributed by atoms with Gasteiger partial charge in [-0.15, -0.1) is 0 Å². The zero-order valence-corrected chi connectivity index (χ0v) is 12.1. The lowest BCUT2D eigenvalue weighted by atomic mass is 9.70. The summed E-state index contributed by atoms with van der Waals surface area (Å²) in [6, 6.07) is 10.8. The van der Waals surface area contributed by atoms with E-state index in [1.807, 2.05) is 0 Å². The zero-order valence-electron chi connectivity index (χ0n) is 12.1. The molecule has 1 heterocycles. The van der Waals surface area contributed by atoms with Crippen LogP contribution < -0.4 is 0 Å². The average Bonchev–Trinajstić information content (AvgIpc) is 2.62. The molecule has 0 spiro atoms. The average molecular weight is 243 g/mol. The summed E-state index contributed by atoms with van der Waals surface area (Å²) in [7, 11) is 0. The maximum Gasteiger partial charge on any atom is 0.0480 e. The third-order valence-electron chi connectivity index (χ3n) is 4.79. The molecule has 0 aromatic heterocycles. The van der Waals surface area contributed by atoms with Gasteiger partial charge in [0.2, 0.25) is 0 Å². The highest BCUT2D eigenvalue weighted by Crippen LogP contribution is 2.47. The van der Waals surface area contributed by atoms with Crippen LogP contribution in [0, 0.1) is 5.41 Å². The van der Waals surface area contributed by atoms with Gasteiger partial charge in [-0.3, -0.25) is 0 Å². The summed E-state index contributed by atoms with van der Waals surface area (Å²) in [5.41, 5.74) is 1.92. The molecule has 1 heteroatoms. The molecule has 98 valence electrons. The van der Waals surface area contributed by atoms with Crippen molar-refractivity contribution in [1.82, 2.24) is 4.90 Å². The van der Waals surface area contributed by atoms with Crippen molar-refractivity contribution in [1.29, 1.82) is 0 Å². The molecule has 1 aliphatic heterocycles. The first-order valence-electron chi connectivity index (χ1n) is 7.06. The molecule has 0 atom stereocenters. The number of hydrogen-bond acceptors (Lipinski definition) is 1. The minimum Gasteiger partial charge on any atom is -0.367 e. The Morgan fingerprint density at radius 2 is 1.61 bits per heavy atom. The zero-order chi connectivity index (χ0) is 13.2. The summed E-state index contributed by atoms with van der Waals surface area (Å²) < 4.78 is 0. The molecule has 0 N–H and O–H groups in total. The fraction of sp³-hybridized carbons (Fsp3) is 0.529. The van der Waals surface area contributed by atoms with Crippen LogP contribution in [0.4, 0.5) is 0 Å². The summed E-state index contributed by atoms with van der Waals surface area (Å²) in [6.45, 7) is 10.4. The maximum absolute atomic E-state index is 2.54. The molecule has 0 unspecified atom stereocenters. The van der Waals surface area contributed by atoms with Crippen molar-refractivity contribution in [3.05, 3.63) is 48.2 Å². The van der Waals surface area contributed by atoms with Crippen LogP contribution in [0.1, 0.15) is 46.1 Å². The summed E-state index contributed by atoms with van der Waals surface area (Å²) in [5.74, 6) is 0. The Balaban J connectivity index is 2.26. The van der Waals surface area contributed by atoms with E-state index in [-0.39, 0.29) is 11.0 Å². The van der Waals surface area contributed by atoms with Gasteiger partial charge in [0.15, 0.2) is 0 Å². The Morgan fingerprint density at radius 1 is 1.00 bits per heavy atom. The Hall–Kier alpha value is -1.24. The molecule has 2 rings (SSSR count). The third kappa shape index (κ3) is 1.96. The van der Waals surface area contributed by atoms with Crippen molar-refractivity contribution < 1.29 is 0 Å². The molecule has 0 amide bonds. The van der Waals surface area contributed by atoms with Gasteiger partial charge in [0.25, 0.3) is 0 Å². The molecular weight excluding hydrogens is 218 g/mol. The van der Waals surface area contributed by atoms with Gasteiger partial charge in [0.1, 0.15) is 0 Å². The first-order valence-corrected chi connectivity index (χ1v) is 7.06. The first kappa shape index (κ1) is 13.2. The van der Waals surface area contributed by atoms with Crippen molar-refractivity contribution in [2.24, 2.45) is 5.41 Å². The predicted octanol–water partition coefficient (Wildman–Crippen LogP) is 4.60. The van der Waals surface area contributed by atoms with E-state index in [9.17, 15) is 0 Å². The molecule has 0 fully saturated rings. The molecule has 18 heavy (non-hydrogen) atoms. The van der Waals surface area contributed by atoms with Crippen LogP contribution >= 0.6 is 0 Å². The first-order chi connectivity index (χ1) is 8.55. The largest absolute Gasteiger partial charge is 0.367 e. The summed E-state index contributed by atoms with van der Waals surface area (Å²) in [5, 5.41) is 0. The quantitative estimate of drug-likeness (QED) is 0.747. The molecule has 1 aliphatic rings. The molecule has 0 saturated heterocycles. The van der Waals surface area contributed by atoms with Crippen LogP contribution in [-0.4, -0.2) is 10.4 Å². The van der Waals surface area contributed by atoms with Crippen LogP contribution in [0.2, 0.25) is 0 Å². The Labute approximate surface area is 112 Å². The van der Waals surface area contributed by atoms with E-state index in [0.717, 1.165) is 6.54 Å². The Morgan fingerprint density at radius 3 is 2.17 bits per heavy atom. The minimum atomic E-state index is 0.255. The van der Waals surface area contributed by atoms with Crippen LogP contribution in [0.3, 0.4) is 0 Å². The van der Waals surface area contributed by atoms with Crippen LogP contribution in [0.5, 0.6) is 0 Å². The third-order valence-corrected chi connectivity index (χ3v) is 4.79. The Bertz CT molecular complexity index is 412. The van der Waals surface area contributed by atoms with Gasteiger partial charge >= 0.3 is 0 Å². The highest BCUT2D eigenvalue weighted by Gasteiger charge is 2.47. The van der Waals surface area contributed by atoms with Gasteiger partial charge in [-0.2, -0.15) is 0 Å². The van der Waals surface area contributed by atoms with E-state index in [2.05, 4.69) is 75.2 Å². The van der Waals surface area contributed by atoms with Gasteiger partial charge in [-0.25, -0.2) is 0 Å².